The molecule has 0 saturated heterocycles. The maximum Gasteiger partial charge on any atom is 0.0578 e. The molecule has 0 aromatic heterocycles. The third-order valence-corrected chi connectivity index (χ3v) is 11.7. The number of hydrogen-bond donors (Lipinski definition) is 0. The second kappa shape index (κ2) is 10.8. The van der Waals surface area contributed by atoms with E-state index in [1.807, 2.05) is 6.08 Å². The molecule has 1 nitrogen and oxygen atoms in total. The molecule has 0 aromatic carbocycles. The molecule has 0 bridgehead atoms. The fraction of sp³-hybridized carbons (Fsp3) is 0.938. The molecule has 4 aliphatic rings. The van der Waals surface area contributed by atoms with Gasteiger partial charge in [0.05, 0.1) is 6.10 Å². The molecule has 9 atom stereocenters. The fourth-order valence-corrected chi connectivity index (χ4v) is 9.87. The molecule has 0 spiro atoms. The van der Waals surface area contributed by atoms with Gasteiger partial charge >= 0.3 is 0 Å². The molecule has 0 aliphatic heterocycles. The van der Waals surface area contributed by atoms with Crippen molar-refractivity contribution in [1.29, 1.82) is 0 Å². The maximum absolute atomic E-state index is 6.34. The third-order valence-electron chi connectivity index (χ3n) is 11.7. The van der Waals surface area contributed by atoms with E-state index in [1.165, 1.54) is 77.0 Å². The van der Waals surface area contributed by atoms with Crippen LogP contribution in [0.5, 0.6) is 0 Å². The summed E-state index contributed by atoms with van der Waals surface area (Å²) in [7, 11) is 0. The van der Waals surface area contributed by atoms with Crippen molar-refractivity contribution < 1.29 is 4.74 Å². The smallest absolute Gasteiger partial charge is 0.0578 e. The Balaban J connectivity index is 1.37. The highest BCUT2D eigenvalue weighted by Crippen LogP contribution is 2.68. The summed E-state index contributed by atoms with van der Waals surface area (Å²) in [6.45, 7) is 17.6. The SMILES string of the molecule is C=CCCCO[C@H]1CC[C@@]2(C)[C@@H](CC[C@@H]3[C@@H]2CC[C@]2(C)[C@@H]([C@H](C)CCCC(C)C)CC[C@@H]32)C1. The summed E-state index contributed by atoms with van der Waals surface area (Å²) in [6, 6.07) is 0. The van der Waals surface area contributed by atoms with Crippen molar-refractivity contribution in [1.82, 2.24) is 0 Å². The van der Waals surface area contributed by atoms with Crippen molar-refractivity contribution in [2.75, 3.05) is 6.61 Å². The minimum atomic E-state index is 0.529. The third kappa shape index (κ3) is 5.15. The minimum Gasteiger partial charge on any atom is -0.378 e. The van der Waals surface area contributed by atoms with Crippen molar-refractivity contribution in [3.05, 3.63) is 12.7 Å². The quantitative estimate of drug-likeness (QED) is 0.235. The molecule has 190 valence electrons. The molecule has 0 unspecified atom stereocenters. The molecule has 0 heterocycles. The summed E-state index contributed by atoms with van der Waals surface area (Å²) < 4.78 is 6.34. The predicted molar refractivity (Wildman–Crippen MR) is 142 cm³/mol. The van der Waals surface area contributed by atoms with Gasteiger partial charge in [-0.2, -0.15) is 0 Å². The normalized spacial score (nSPS) is 43.6. The minimum absolute atomic E-state index is 0.529. The maximum atomic E-state index is 6.34. The Bertz CT molecular complexity index is 638. The predicted octanol–water partition coefficient (Wildman–Crippen LogP) is 9.46. The Kier molecular flexibility index (Phi) is 8.40. The van der Waals surface area contributed by atoms with Gasteiger partial charge in [-0.15, -0.1) is 6.58 Å². The van der Waals surface area contributed by atoms with Crippen LogP contribution in [0, 0.1) is 52.3 Å². The lowest BCUT2D eigenvalue weighted by molar-refractivity contribution is -0.136. The van der Waals surface area contributed by atoms with Crippen LogP contribution >= 0.6 is 0 Å². The van der Waals surface area contributed by atoms with E-state index < -0.39 is 0 Å². The first-order valence-electron chi connectivity index (χ1n) is 15.0. The molecule has 0 N–H and O–H groups in total. The van der Waals surface area contributed by atoms with Crippen LogP contribution in [-0.4, -0.2) is 12.7 Å². The molecular formula is C32H56O. The zero-order valence-electron chi connectivity index (χ0n) is 22.9. The molecule has 0 aromatic rings. The van der Waals surface area contributed by atoms with E-state index in [-0.39, 0.29) is 0 Å². The number of hydrogen-bond acceptors (Lipinski definition) is 1. The summed E-state index contributed by atoms with van der Waals surface area (Å²) in [6.07, 6.45) is 22.3. The lowest BCUT2D eigenvalue weighted by Gasteiger charge is -2.61. The average Bonchev–Trinajstić information content (AvgIpc) is 3.14. The van der Waals surface area contributed by atoms with E-state index in [1.54, 1.807) is 0 Å². The van der Waals surface area contributed by atoms with Crippen LogP contribution in [0.4, 0.5) is 0 Å². The van der Waals surface area contributed by atoms with Gasteiger partial charge in [0.1, 0.15) is 0 Å². The molecule has 4 rings (SSSR count). The number of ether oxygens (including phenoxy) is 1. The van der Waals surface area contributed by atoms with Gasteiger partial charge in [0.25, 0.3) is 0 Å². The molecule has 4 aliphatic carbocycles. The van der Waals surface area contributed by atoms with Gasteiger partial charge in [-0.3, -0.25) is 0 Å². The van der Waals surface area contributed by atoms with E-state index in [4.69, 9.17) is 4.74 Å². The van der Waals surface area contributed by atoms with Crippen LogP contribution in [0.3, 0.4) is 0 Å². The molecule has 4 saturated carbocycles. The van der Waals surface area contributed by atoms with Gasteiger partial charge in [0, 0.05) is 6.61 Å². The summed E-state index contributed by atoms with van der Waals surface area (Å²) in [5, 5.41) is 0. The highest BCUT2D eigenvalue weighted by molar-refractivity contribution is 5.09. The number of fused-ring (bicyclic) bond motifs is 5. The Morgan fingerprint density at radius 2 is 1.64 bits per heavy atom. The van der Waals surface area contributed by atoms with Gasteiger partial charge in [-0.1, -0.05) is 60.0 Å². The summed E-state index contributed by atoms with van der Waals surface area (Å²) >= 11 is 0. The summed E-state index contributed by atoms with van der Waals surface area (Å²) in [4.78, 5) is 0. The van der Waals surface area contributed by atoms with Crippen molar-refractivity contribution in [3.63, 3.8) is 0 Å². The molecule has 4 fully saturated rings. The number of rotatable bonds is 10. The standard InChI is InChI=1S/C32H56O/c1-7-8-9-21-33-26-17-19-31(5)25(22-26)13-14-27-29-16-15-28(24(4)12-10-11-23(2)3)32(29,6)20-18-30(27)31/h7,23-30H,1,8-22H2,2-6H3/t24-,25+,26+,27+,28-,29+,30+,31+,32-/m1/s1. The van der Waals surface area contributed by atoms with Crippen molar-refractivity contribution in [2.45, 2.75) is 131 Å². The van der Waals surface area contributed by atoms with Crippen molar-refractivity contribution in [2.24, 2.45) is 52.3 Å². The summed E-state index contributed by atoms with van der Waals surface area (Å²) in [5.41, 5.74) is 1.22. The van der Waals surface area contributed by atoms with Crippen LogP contribution in [0.15, 0.2) is 12.7 Å². The zero-order valence-corrected chi connectivity index (χ0v) is 22.9. The molecule has 33 heavy (non-hydrogen) atoms. The van der Waals surface area contributed by atoms with Gasteiger partial charge < -0.3 is 4.74 Å². The van der Waals surface area contributed by atoms with Crippen LogP contribution in [-0.2, 0) is 4.74 Å². The van der Waals surface area contributed by atoms with Crippen LogP contribution in [0.1, 0.15) is 125 Å². The van der Waals surface area contributed by atoms with Gasteiger partial charge in [-0.05, 0) is 123 Å². The van der Waals surface area contributed by atoms with E-state index in [9.17, 15) is 0 Å². The second-order valence-electron chi connectivity index (χ2n) is 13.9. The molecule has 1 heteroatoms. The fourth-order valence-electron chi connectivity index (χ4n) is 9.87. The highest BCUT2D eigenvalue weighted by Gasteiger charge is 2.60. The number of unbranched alkanes of at least 4 members (excludes halogenated alkanes) is 1. The van der Waals surface area contributed by atoms with Gasteiger partial charge in [0.2, 0.25) is 0 Å². The van der Waals surface area contributed by atoms with Crippen molar-refractivity contribution in [3.8, 4) is 0 Å². The zero-order chi connectivity index (χ0) is 23.6. The molecule has 0 amide bonds. The van der Waals surface area contributed by atoms with E-state index in [0.29, 0.717) is 16.9 Å². The second-order valence-corrected chi connectivity index (χ2v) is 13.9. The first-order valence-corrected chi connectivity index (χ1v) is 15.0. The van der Waals surface area contributed by atoms with Crippen molar-refractivity contribution >= 4 is 0 Å². The Hall–Kier alpha value is -0.300. The molecule has 0 radical (unpaired) electrons. The average molecular weight is 457 g/mol. The van der Waals surface area contributed by atoms with Crippen LogP contribution < -0.4 is 0 Å². The van der Waals surface area contributed by atoms with E-state index in [2.05, 4.69) is 41.2 Å². The topological polar surface area (TPSA) is 9.23 Å². The Morgan fingerprint density at radius 1 is 0.879 bits per heavy atom. The monoisotopic (exact) mass is 456 g/mol. The number of allylic oxidation sites excluding steroid dienone is 1. The van der Waals surface area contributed by atoms with Crippen LogP contribution in [0.25, 0.3) is 0 Å². The lowest BCUT2D eigenvalue weighted by atomic mass is 9.44. The first kappa shape index (κ1) is 25.8. The Morgan fingerprint density at radius 3 is 2.39 bits per heavy atom. The van der Waals surface area contributed by atoms with E-state index in [0.717, 1.165) is 60.9 Å². The van der Waals surface area contributed by atoms with Crippen LogP contribution in [0.2, 0.25) is 0 Å². The summed E-state index contributed by atoms with van der Waals surface area (Å²) in [5.74, 6) is 6.71. The van der Waals surface area contributed by atoms with Gasteiger partial charge in [-0.25, -0.2) is 0 Å². The van der Waals surface area contributed by atoms with Gasteiger partial charge in [0.15, 0.2) is 0 Å². The highest BCUT2D eigenvalue weighted by atomic mass is 16.5. The molecular weight excluding hydrogens is 400 g/mol. The Labute approximate surface area is 206 Å². The van der Waals surface area contributed by atoms with E-state index >= 15 is 0 Å². The first-order chi connectivity index (χ1) is 15.8. The lowest BCUT2D eigenvalue weighted by Crippen LogP contribution is -2.54. The largest absolute Gasteiger partial charge is 0.378 e.